The molecule has 4 rings (SSSR count). The average molecular weight is 277 g/mol. The van der Waals surface area contributed by atoms with Gasteiger partial charge in [-0.15, -0.1) is 0 Å². The summed E-state index contributed by atoms with van der Waals surface area (Å²) in [6.07, 6.45) is -0.0835. The van der Waals surface area contributed by atoms with E-state index in [2.05, 4.69) is 10.6 Å². The number of carbonyl (C=O) groups is 1. The maximum absolute atomic E-state index is 12.1. The van der Waals surface area contributed by atoms with Gasteiger partial charge in [0.25, 0.3) is 0 Å². The van der Waals surface area contributed by atoms with Crippen molar-refractivity contribution in [2.45, 2.75) is 20.0 Å². The summed E-state index contributed by atoms with van der Waals surface area (Å²) < 4.78 is 2.14. The Labute approximate surface area is 122 Å². The van der Waals surface area contributed by atoms with Gasteiger partial charge in [-0.05, 0) is 31.2 Å². The number of fused-ring (bicyclic) bond motifs is 5. The van der Waals surface area contributed by atoms with Crippen LogP contribution in [0, 0.1) is 0 Å². The first-order chi connectivity index (χ1) is 10.2. The Hall–Kier alpha value is -2.62. The molecule has 3 aromatic rings. The van der Waals surface area contributed by atoms with Crippen LogP contribution >= 0.6 is 0 Å². The molecule has 0 saturated heterocycles. The summed E-state index contributed by atoms with van der Waals surface area (Å²) in [5.41, 5.74) is 3.95. The second-order valence-electron chi connectivity index (χ2n) is 5.33. The quantitative estimate of drug-likeness (QED) is 0.630. The monoisotopic (exact) mass is 277 g/mol. The third-order valence-electron chi connectivity index (χ3n) is 4.09. The molecule has 0 unspecified atom stereocenters. The zero-order chi connectivity index (χ0) is 14.6. The van der Waals surface area contributed by atoms with Gasteiger partial charge in [0, 0.05) is 12.5 Å². The predicted molar refractivity (Wildman–Crippen MR) is 83.0 cm³/mol. The SMILES string of the molecule is CC(=O)N1c2ccccc2-c2nc3ccccc3n2[C@@H]1C. The first-order valence-corrected chi connectivity index (χ1v) is 7.04. The van der Waals surface area contributed by atoms with Gasteiger partial charge < -0.3 is 4.57 Å². The molecule has 1 amide bonds. The fourth-order valence-electron chi connectivity index (χ4n) is 3.24. The molecule has 1 aliphatic rings. The lowest BCUT2D eigenvalue weighted by Crippen LogP contribution is -2.38. The van der Waals surface area contributed by atoms with Crippen LogP contribution in [0.3, 0.4) is 0 Å². The highest BCUT2D eigenvalue weighted by molar-refractivity contribution is 5.99. The smallest absolute Gasteiger partial charge is 0.225 e. The van der Waals surface area contributed by atoms with Gasteiger partial charge in [-0.25, -0.2) is 4.98 Å². The van der Waals surface area contributed by atoms with Crippen LogP contribution in [0.15, 0.2) is 48.5 Å². The highest BCUT2D eigenvalue weighted by atomic mass is 16.2. The molecule has 1 aliphatic heterocycles. The topological polar surface area (TPSA) is 38.1 Å². The molecule has 4 heteroatoms. The number of aromatic nitrogens is 2. The van der Waals surface area contributed by atoms with E-state index in [1.807, 2.05) is 54.3 Å². The van der Waals surface area contributed by atoms with Crippen LogP contribution in [0.25, 0.3) is 22.4 Å². The van der Waals surface area contributed by atoms with Crippen molar-refractivity contribution in [1.29, 1.82) is 0 Å². The second kappa shape index (κ2) is 4.19. The standard InChI is InChI=1S/C17H15N3O/c1-11-19(12(2)21)15-9-5-3-7-13(15)17-18-14-8-4-6-10-16(14)20(11)17/h3-11H,1-2H3/t11-/m1/s1. The van der Waals surface area contributed by atoms with Crippen LogP contribution < -0.4 is 4.90 Å². The van der Waals surface area contributed by atoms with Crippen LogP contribution in [0.1, 0.15) is 20.0 Å². The molecule has 4 nitrogen and oxygen atoms in total. The van der Waals surface area contributed by atoms with Gasteiger partial charge in [-0.2, -0.15) is 0 Å². The van der Waals surface area contributed by atoms with Gasteiger partial charge in [0.05, 0.1) is 16.7 Å². The zero-order valence-electron chi connectivity index (χ0n) is 11.9. The molecule has 2 aromatic carbocycles. The molecule has 1 atom stereocenters. The number of hydrogen-bond acceptors (Lipinski definition) is 2. The van der Waals surface area contributed by atoms with E-state index in [0.717, 1.165) is 28.1 Å². The Morgan fingerprint density at radius 2 is 1.81 bits per heavy atom. The van der Waals surface area contributed by atoms with E-state index in [1.165, 1.54) is 0 Å². The van der Waals surface area contributed by atoms with Gasteiger partial charge >= 0.3 is 0 Å². The van der Waals surface area contributed by atoms with Gasteiger partial charge in [-0.3, -0.25) is 9.69 Å². The highest BCUT2D eigenvalue weighted by Gasteiger charge is 2.32. The van der Waals surface area contributed by atoms with Crippen LogP contribution in [0.4, 0.5) is 5.69 Å². The van der Waals surface area contributed by atoms with Crippen molar-refractivity contribution in [2.24, 2.45) is 0 Å². The molecule has 2 heterocycles. The molecular weight excluding hydrogens is 262 g/mol. The van der Waals surface area contributed by atoms with Crippen molar-refractivity contribution >= 4 is 22.6 Å². The van der Waals surface area contributed by atoms with Crippen molar-refractivity contribution in [1.82, 2.24) is 9.55 Å². The van der Waals surface area contributed by atoms with E-state index < -0.39 is 0 Å². The number of benzene rings is 2. The molecule has 0 aliphatic carbocycles. The summed E-state index contributed by atoms with van der Waals surface area (Å²) in [4.78, 5) is 18.7. The third kappa shape index (κ3) is 1.56. The van der Waals surface area contributed by atoms with E-state index in [9.17, 15) is 4.79 Å². The number of para-hydroxylation sites is 3. The van der Waals surface area contributed by atoms with Crippen LogP contribution in [0.5, 0.6) is 0 Å². The van der Waals surface area contributed by atoms with E-state index in [1.54, 1.807) is 6.92 Å². The number of hydrogen-bond donors (Lipinski definition) is 0. The van der Waals surface area contributed by atoms with E-state index in [0.29, 0.717) is 0 Å². The Morgan fingerprint density at radius 3 is 2.62 bits per heavy atom. The summed E-state index contributed by atoms with van der Waals surface area (Å²) in [5, 5.41) is 0. The maximum Gasteiger partial charge on any atom is 0.225 e. The molecular formula is C17H15N3O. The third-order valence-corrected chi connectivity index (χ3v) is 4.09. The zero-order valence-corrected chi connectivity index (χ0v) is 11.9. The minimum Gasteiger partial charge on any atom is -0.302 e. The van der Waals surface area contributed by atoms with Crippen molar-refractivity contribution in [3.8, 4) is 11.4 Å². The summed E-state index contributed by atoms with van der Waals surface area (Å²) in [7, 11) is 0. The first-order valence-electron chi connectivity index (χ1n) is 7.04. The molecule has 21 heavy (non-hydrogen) atoms. The lowest BCUT2D eigenvalue weighted by Gasteiger charge is -2.36. The van der Waals surface area contributed by atoms with E-state index >= 15 is 0 Å². The highest BCUT2D eigenvalue weighted by Crippen LogP contribution is 2.41. The largest absolute Gasteiger partial charge is 0.302 e. The summed E-state index contributed by atoms with van der Waals surface area (Å²) >= 11 is 0. The first kappa shape index (κ1) is 12.1. The second-order valence-corrected chi connectivity index (χ2v) is 5.33. The number of nitrogens with zero attached hydrogens (tertiary/aromatic N) is 3. The fourth-order valence-corrected chi connectivity index (χ4v) is 3.24. The number of imidazole rings is 1. The molecule has 0 spiro atoms. The molecule has 0 fully saturated rings. The Bertz CT molecular complexity index is 865. The number of rotatable bonds is 0. The summed E-state index contributed by atoms with van der Waals surface area (Å²) in [5.74, 6) is 0.968. The van der Waals surface area contributed by atoms with Crippen LogP contribution in [-0.4, -0.2) is 15.5 Å². The Morgan fingerprint density at radius 1 is 1.10 bits per heavy atom. The van der Waals surface area contributed by atoms with Gasteiger partial charge in [-0.1, -0.05) is 24.3 Å². The van der Waals surface area contributed by atoms with Crippen molar-refractivity contribution < 1.29 is 4.79 Å². The molecule has 0 saturated carbocycles. The Kier molecular flexibility index (Phi) is 2.42. The minimum absolute atomic E-state index is 0.0402. The molecule has 104 valence electrons. The summed E-state index contributed by atoms with van der Waals surface area (Å²) in [6, 6.07) is 16.0. The van der Waals surface area contributed by atoms with Crippen LogP contribution in [-0.2, 0) is 4.79 Å². The van der Waals surface area contributed by atoms with Crippen molar-refractivity contribution in [2.75, 3.05) is 4.90 Å². The number of amides is 1. The lowest BCUT2D eigenvalue weighted by atomic mass is 10.1. The number of anilines is 1. The minimum atomic E-state index is -0.0835. The molecule has 0 bridgehead atoms. The Balaban J connectivity index is 2.11. The van der Waals surface area contributed by atoms with Crippen molar-refractivity contribution in [3.05, 3.63) is 48.5 Å². The van der Waals surface area contributed by atoms with Crippen molar-refractivity contribution in [3.63, 3.8) is 0 Å². The lowest BCUT2D eigenvalue weighted by molar-refractivity contribution is -0.117. The maximum atomic E-state index is 12.1. The summed E-state index contributed by atoms with van der Waals surface area (Å²) in [6.45, 7) is 3.65. The normalized spacial score (nSPS) is 16.7. The van der Waals surface area contributed by atoms with Gasteiger partial charge in [0.15, 0.2) is 0 Å². The van der Waals surface area contributed by atoms with E-state index in [4.69, 9.17) is 4.98 Å². The van der Waals surface area contributed by atoms with Crippen LogP contribution in [0.2, 0.25) is 0 Å². The molecule has 1 aromatic heterocycles. The fraction of sp³-hybridized carbons (Fsp3) is 0.176. The van der Waals surface area contributed by atoms with Gasteiger partial charge in [0.2, 0.25) is 5.91 Å². The predicted octanol–water partition coefficient (Wildman–Crippen LogP) is 3.59. The molecule has 0 N–H and O–H groups in total. The van der Waals surface area contributed by atoms with E-state index in [-0.39, 0.29) is 12.1 Å². The number of carbonyl (C=O) groups excluding carboxylic acids is 1. The average Bonchev–Trinajstić information content (AvgIpc) is 2.87. The van der Waals surface area contributed by atoms with Gasteiger partial charge in [0.1, 0.15) is 12.0 Å². The molecule has 0 radical (unpaired) electrons.